The Balaban J connectivity index is 3.39. The maximum absolute atomic E-state index is 10.5. The van der Waals surface area contributed by atoms with Gasteiger partial charge in [-0.2, -0.15) is 0 Å². The first-order valence-corrected chi connectivity index (χ1v) is 3.86. The van der Waals surface area contributed by atoms with Gasteiger partial charge in [0.2, 0.25) is 5.24 Å². The SMILES string of the molecule is CC=CCCC(C)C(=O)Cl. The highest BCUT2D eigenvalue weighted by molar-refractivity contribution is 6.63. The molecule has 0 aromatic carbocycles. The van der Waals surface area contributed by atoms with Crippen molar-refractivity contribution in [1.29, 1.82) is 0 Å². The lowest BCUT2D eigenvalue weighted by Gasteiger charge is -2.00. The molecule has 1 atom stereocenters. The van der Waals surface area contributed by atoms with Crippen LogP contribution < -0.4 is 0 Å². The van der Waals surface area contributed by atoms with Crippen LogP contribution in [-0.4, -0.2) is 5.24 Å². The van der Waals surface area contributed by atoms with Gasteiger partial charge in [-0.05, 0) is 31.4 Å². The Morgan fingerprint density at radius 1 is 1.70 bits per heavy atom. The highest BCUT2D eigenvalue weighted by Crippen LogP contribution is 2.09. The van der Waals surface area contributed by atoms with E-state index in [1.807, 2.05) is 26.0 Å². The average Bonchev–Trinajstić information content (AvgIpc) is 1.88. The molecule has 10 heavy (non-hydrogen) atoms. The zero-order valence-electron chi connectivity index (χ0n) is 6.43. The normalized spacial score (nSPS) is 13.9. The van der Waals surface area contributed by atoms with Crippen LogP contribution in [0.15, 0.2) is 12.2 Å². The van der Waals surface area contributed by atoms with Gasteiger partial charge in [0.1, 0.15) is 0 Å². The molecule has 0 saturated heterocycles. The van der Waals surface area contributed by atoms with E-state index in [2.05, 4.69) is 0 Å². The monoisotopic (exact) mass is 160 g/mol. The quantitative estimate of drug-likeness (QED) is 0.457. The molecule has 0 aliphatic rings. The van der Waals surface area contributed by atoms with Crippen molar-refractivity contribution >= 4 is 16.8 Å². The minimum atomic E-state index is -0.232. The molecule has 0 aromatic rings. The zero-order chi connectivity index (χ0) is 7.98. The summed E-state index contributed by atoms with van der Waals surface area (Å²) in [5.74, 6) is -0.00198. The molecule has 0 fully saturated rings. The van der Waals surface area contributed by atoms with E-state index in [4.69, 9.17) is 11.6 Å². The minimum Gasteiger partial charge on any atom is -0.281 e. The Bertz CT molecular complexity index is 129. The van der Waals surface area contributed by atoms with Crippen LogP contribution in [0.4, 0.5) is 0 Å². The smallest absolute Gasteiger partial charge is 0.224 e. The van der Waals surface area contributed by atoms with Gasteiger partial charge in [-0.15, -0.1) is 0 Å². The van der Waals surface area contributed by atoms with E-state index in [0.717, 1.165) is 12.8 Å². The fourth-order valence-electron chi connectivity index (χ4n) is 0.626. The van der Waals surface area contributed by atoms with Crippen molar-refractivity contribution in [2.45, 2.75) is 26.7 Å². The minimum absolute atomic E-state index is 0.00198. The van der Waals surface area contributed by atoms with Gasteiger partial charge in [0.15, 0.2) is 0 Å². The molecule has 0 amide bonds. The van der Waals surface area contributed by atoms with E-state index >= 15 is 0 Å². The molecule has 0 rings (SSSR count). The average molecular weight is 161 g/mol. The Kier molecular flexibility index (Phi) is 5.32. The molecule has 1 nitrogen and oxygen atoms in total. The van der Waals surface area contributed by atoms with Gasteiger partial charge < -0.3 is 0 Å². The van der Waals surface area contributed by atoms with E-state index in [0.29, 0.717) is 0 Å². The standard InChI is InChI=1S/C8H13ClO/c1-3-4-5-6-7(2)8(9)10/h3-4,7H,5-6H2,1-2H3. The lowest BCUT2D eigenvalue weighted by atomic mass is 10.1. The van der Waals surface area contributed by atoms with E-state index in [9.17, 15) is 4.79 Å². The lowest BCUT2D eigenvalue weighted by Crippen LogP contribution is -2.02. The molecule has 0 saturated carbocycles. The summed E-state index contributed by atoms with van der Waals surface area (Å²) in [4.78, 5) is 10.5. The van der Waals surface area contributed by atoms with Crippen molar-refractivity contribution in [2.24, 2.45) is 5.92 Å². The number of allylic oxidation sites excluding steroid dienone is 2. The van der Waals surface area contributed by atoms with Crippen LogP contribution in [0, 0.1) is 5.92 Å². The summed E-state index contributed by atoms with van der Waals surface area (Å²) in [5.41, 5.74) is 0. The zero-order valence-corrected chi connectivity index (χ0v) is 7.19. The van der Waals surface area contributed by atoms with Crippen LogP contribution in [0.2, 0.25) is 0 Å². The Morgan fingerprint density at radius 3 is 2.70 bits per heavy atom. The molecule has 0 aliphatic heterocycles. The highest BCUT2D eigenvalue weighted by atomic mass is 35.5. The van der Waals surface area contributed by atoms with Gasteiger partial charge in [0.25, 0.3) is 0 Å². The second kappa shape index (κ2) is 5.48. The summed E-state index contributed by atoms with van der Waals surface area (Å²) in [6, 6.07) is 0. The fourth-order valence-corrected chi connectivity index (χ4v) is 0.735. The van der Waals surface area contributed by atoms with Crippen molar-refractivity contribution in [1.82, 2.24) is 0 Å². The number of halogens is 1. The van der Waals surface area contributed by atoms with Gasteiger partial charge in [0.05, 0.1) is 0 Å². The summed E-state index contributed by atoms with van der Waals surface area (Å²) < 4.78 is 0. The van der Waals surface area contributed by atoms with Gasteiger partial charge in [0, 0.05) is 5.92 Å². The second-order valence-electron chi connectivity index (χ2n) is 2.35. The van der Waals surface area contributed by atoms with E-state index in [-0.39, 0.29) is 11.2 Å². The summed E-state index contributed by atoms with van der Waals surface area (Å²) in [6.07, 6.45) is 5.81. The van der Waals surface area contributed by atoms with Gasteiger partial charge in [-0.3, -0.25) is 4.79 Å². The largest absolute Gasteiger partial charge is 0.281 e. The summed E-state index contributed by atoms with van der Waals surface area (Å²) in [5, 5.41) is -0.232. The first-order chi connectivity index (χ1) is 4.68. The third kappa shape index (κ3) is 4.57. The number of hydrogen-bond donors (Lipinski definition) is 0. The highest BCUT2D eigenvalue weighted by Gasteiger charge is 2.06. The molecule has 0 aliphatic carbocycles. The lowest BCUT2D eigenvalue weighted by molar-refractivity contribution is -0.114. The molecular weight excluding hydrogens is 148 g/mol. The third-order valence-electron chi connectivity index (χ3n) is 1.39. The van der Waals surface area contributed by atoms with E-state index in [1.54, 1.807) is 0 Å². The number of carbonyl (C=O) groups excluding carboxylic acids is 1. The molecule has 0 radical (unpaired) electrons. The summed E-state index contributed by atoms with van der Waals surface area (Å²) in [7, 11) is 0. The van der Waals surface area contributed by atoms with Crippen LogP contribution >= 0.6 is 11.6 Å². The van der Waals surface area contributed by atoms with Crippen LogP contribution in [0.3, 0.4) is 0 Å². The Morgan fingerprint density at radius 2 is 2.30 bits per heavy atom. The molecule has 0 heterocycles. The van der Waals surface area contributed by atoms with Crippen LogP contribution in [0.5, 0.6) is 0 Å². The molecule has 1 unspecified atom stereocenters. The fraction of sp³-hybridized carbons (Fsp3) is 0.625. The Hall–Kier alpha value is -0.300. The second-order valence-corrected chi connectivity index (χ2v) is 2.72. The molecule has 0 bridgehead atoms. The summed E-state index contributed by atoms with van der Waals surface area (Å²) >= 11 is 5.24. The van der Waals surface area contributed by atoms with Crippen LogP contribution in [0.25, 0.3) is 0 Å². The Labute approximate surface area is 67.1 Å². The van der Waals surface area contributed by atoms with Gasteiger partial charge >= 0.3 is 0 Å². The molecule has 2 heteroatoms. The van der Waals surface area contributed by atoms with Crippen LogP contribution in [0.1, 0.15) is 26.7 Å². The number of rotatable bonds is 4. The maximum atomic E-state index is 10.5. The predicted molar refractivity (Wildman–Crippen MR) is 44.1 cm³/mol. The van der Waals surface area contributed by atoms with Crippen molar-refractivity contribution in [2.75, 3.05) is 0 Å². The molecular formula is C8H13ClO. The summed E-state index contributed by atoms with van der Waals surface area (Å²) in [6.45, 7) is 3.81. The van der Waals surface area contributed by atoms with Gasteiger partial charge in [-0.1, -0.05) is 19.1 Å². The number of hydrogen-bond acceptors (Lipinski definition) is 1. The van der Waals surface area contributed by atoms with Crippen LogP contribution in [-0.2, 0) is 4.79 Å². The van der Waals surface area contributed by atoms with Crippen molar-refractivity contribution < 1.29 is 4.79 Å². The van der Waals surface area contributed by atoms with Crippen molar-refractivity contribution in [3.8, 4) is 0 Å². The topological polar surface area (TPSA) is 17.1 Å². The number of carbonyl (C=O) groups is 1. The predicted octanol–water partition coefficient (Wildman–Crippen LogP) is 2.74. The van der Waals surface area contributed by atoms with Crippen molar-refractivity contribution in [3.63, 3.8) is 0 Å². The van der Waals surface area contributed by atoms with E-state index < -0.39 is 0 Å². The first-order valence-electron chi connectivity index (χ1n) is 3.49. The molecule has 0 aromatic heterocycles. The first kappa shape index (κ1) is 9.70. The molecule has 0 N–H and O–H groups in total. The van der Waals surface area contributed by atoms with Crippen molar-refractivity contribution in [3.05, 3.63) is 12.2 Å². The maximum Gasteiger partial charge on any atom is 0.224 e. The molecule has 58 valence electrons. The third-order valence-corrected chi connectivity index (χ3v) is 1.76. The van der Waals surface area contributed by atoms with Gasteiger partial charge in [-0.25, -0.2) is 0 Å². The molecule has 0 spiro atoms. The van der Waals surface area contributed by atoms with E-state index in [1.165, 1.54) is 0 Å².